The van der Waals surface area contributed by atoms with Crippen molar-refractivity contribution in [2.75, 3.05) is 0 Å². The average Bonchev–Trinajstić information content (AvgIpc) is 2.25. The van der Waals surface area contributed by atoms with E-state index < -0.39 is 11.6 Å². The van der Waals surface area contributed by atoms with Crippen molar-refractivity contribution in [3.63, 3.8) is 0 Å². The van der Waals surface area contributed by atoms with Gasteiger partial charge in [0.1, 0.15) is 5.60 Å². The molecular weight excluding hydrogens is 220 g/mol. The molecule has 1 aromatic rings. The van der Waals surface area contributed by atoms with E-state index >= 15 is 0 Å². The Balaban J connectivity index is 2.75. The monoisotopic (exact) mass is 236 g/mol. The maximum absolute atomic E-state index is 11.7. The highest BCUT2D eigenvalue weighted by Gasteiger charge is 2.24. The molecule has 0 amide bonds. The molecule has 0 radical (unpaired) electrons. The zero-order valence-corrected chi connectivity index (χ0v) is 9.93. The van der Waals surface area contributed by atoms with Gasteiger partial charge >= 0.3 is 5.97 Å². The summed E-state index contributed by atoms with van der Waals surface area (Å²) in [5.74, 6) is -1.19. The van der Waals surface area contributed by atoms with Crippen molar-refractivity contribution in [2.45, 2.75) is 32.3 Å². The standard InChI is InChI=1S/C13H16O4/c1-13(2,17)12(16)10-6-3-9(4-7-10)5-8-11(14)15/h3-4,6-7,17H,5,8H2,1-2H3,(H,14,15). The number of hydrogen-bond acceptors (Lipinski definition) is 3. The van der Waals surface area contributed by atoms with Gasteiger partial charge in [0.05, 0.1) is 0 Å². The molecule has 92 valence electrons. The predicted molar refractivity (Wildman–Crippen MR) is 63.0 cm³/mol. The van der Waals surface area contributed by atoms with Gasteiger partial charge < -0.3 is 10.2 Å². The number of rotatable bonds is 5. The molecule has 1 aromatic carbocycles. The van der Waals surface area contributed by atoms with E-state index in [2.05, 4.69) is 0 Å². The van der Waals surface area contributed by atoms with Crippen molar-refractivity contribution < 1.29 is 19.8 Å². The van der Waals surface area contributed by atoms with Crippen molar-refractivity contribution in [3.8, 4) is 0 Å². The molecule has 0 saturated heterocycles. The van der Waals surface area contributed by atoms with Gasteiger partial charge in [-0.2, -0.15) is 0 Å². The van der Waals surface area contributed by atoms with Gasteiger partial charge in [-0.25, -0.2) is 0 Å². The minimum Gasteiger partial charge on any atom is -0.481 e. The van der Waals surface area contributed by atoms with Gasteiger partial charge in [-0.3, -0.25) is 9.59 Å². The van der Waals surface area contributed by atoms with Crippen LogP contribution in [0.3, 0.4) is 0 Å². The summed E-state index contributed by atoms with van der Waals surface area (Å²) < 4.78 is 0. The summed E-state index contributed by atoms with van der Waals surface area (Å²) in [5.41, 5.74) is -0.0981. The molecule has 2 N–H and O–H groups in total. The molecule has 0 fully saturated rings. The number of aliphatic carboxylic acids is 1. The molecular formula is C13H16O4. The maximum Gasteiger partial charge on any atom is 0.303 e. The smallest absolute Gasteiger partial charge is 0.303 e. The molecule has 4 heteroatoms. The summed E-state index contributed by atoms with van der Waals surface area (Å²) >= 11 is 0. The lowest BCUT2D eigenvalue weighted by molar-refractivity contribution is -0.136. The fraction of sp³-hybridized carbons (Fsp3) is 0.385. The lowest BCUT2D eigenvalue weighted by Gasteiger charge is -2.15. The number of carbonyl (C=O) groups excluding carboxylic acids is 1. The summed E-state index contributed by atoms with van der Waals surface area (Å²) in [6.45, 7) is 2.88. The fourth-order valence-electron chi connectivity index (χ4n) is 1.43. The van der Waals surface area contributed by atoms with Crippen molar-refractivity contribution >= 4 is 11.8 Å². The van der Waals surface area contributed by atoms with E-state index in [-0.39, 0.29) is 12.2 Å². The van der Waals surface area contributed by atoms with Gasteiger partial charge in [0.25, 0.3) is 0 Å². The van der Waals surface area contributed by atoms with Crippen LogP contribution < -0.4 is 0 Å². The Kier molecular flexibility index (Phi) is 4.02. The SMILES string of the molecule is CC(C)(O)C(=O)c1ccc(CCC(=O)O)cc1. The number of ketones is 1. The van der Waals surface area contributed by atoms with Crippen LogP contribution in [0.1, 0.15) is 36.2 Å². The normalized spacial score (nSPS) is 11.2. The third-order valence-electron chi connectivity index (χ3n) is 2.40. The van der Waals surface area contributed by atoms with Crippen LogP contribution in [-0.4, -0.2) is 27.6 Å². The van der Waals surface area contributed by atoms with Crippen LogP contribution >= 0.6 is 0 Å². The Morgan fingerprint density at radius 3 is 2.12 bits per heavy atom. The second-order valence-corrected chi connectivity index (χ2v) is 4.48. The van der Waals surface area contributed by atoms with Crippen molar-refractivity contribution in [1.82, 2.24) is 0 Å². The number of carboxylic acids is 1. The van der Waals surface area contributed by atoms with E-state index in [0.29, 0.717) is 12.0 Å². The van der Waals surface area contributed by atoms with Crippen LogP contribution in [0.25, 0.3) is 0 Å². The van der Waals surface area contributed by atoms with Crippen LogP contribution in [0.15, 0.2) is 24.3 Å². The zero-order valence-electron chi connectivity index (χ0n) is 9.93. The molecule has 0 bridgehead atoms. The molecule has 0 aliphatic heterocycles. The Bertz CT molecular complexity index is 412. The van der Waals surface area contributed by atoms with Gasteiger partial charge in [0, 0.05) is 12.0 Å². The summed E-state index contributed by atoms with van der Waals surface area (Å²) in [7, 11) is 0. The maximum atomic E-state index is 11.7. The Morgan fingerprint density at radius 1 is 1.18 bits per heavy atom. The Morgan fingerprint density at radius 2 is 1.71 bits per heavy atom. The first-order valence-electron chi connectivity index (χ1n) is 5.38. The molecule has 4 nitrogen and oxygen atoms in total. The van der Waals surface area contributed by atoms with Gasteiger partial charge in [0.15, 0.2) is 5.78 Å². The third kappa shape index (κ3) is 4.00. The molecule has 0 aromatic heterocycles. The van der Waals surface area contributed by atoms with Crippen LogP contribution in [0.5, 0.6) is 0 Å². The number of carboxylic acid groups (broad SMARTS) is 1. The molecule has 0 aliphatic carbocycles. The zero-order chi connectivity index (χ0) is 13.1. The number of hydrogen-bond donors (Lipinski definition) is 2. The molecule has 0 aliphatic rings. The molecule has 0 saturated carbocycles. The number of aliphatic hydroxyl groups is 1. The van der Waals surface area contributed by atoms with Crippen molar-refractivity contribution in [3.05, 3.63) is 35.4 Å². The molecule has 1 rings (SSSR count). The molecule has 0 heterocycles. The van der Waals surface area contributed by atoms with Crippen LogP contribution in [0.2, 0.25) is 0 Å². The largest absolute Gasteiger partial charge is 0.481 e. The Labute approximate surface area is 99.9 Å². The highest BCUT2D eigenvalue weighted by atomic mass is 16.4. The van der Waals surface area contributed by atoms with Gasteiger partial charge in [-0.1, -0.05) is 24.3 Å². The lowest BCUT2D eigenvalue weighted by Crippen LogP contribution is -2.31. The van der Waals surface area contributed by atoms with Crippen LogP contribution in [0, 0.1) is 0 Å². The van der Waals surface area contributed by atoms with E-state index in [1.165, 1.54) is 13.8 Å². The van der Waals surface area contributed by atoms with Crippen molar-refractivity contribution in [1.29, 1.82) is 0 Å². The van der Waals surface area contributed by atoms with E-state index in [1.807, 2.05) is 0 Å². The van der Waals surface area contributed by atoms with E-state index in [9.17, 15) is 14.7 Å². The first kappa shape index (κ1) is 13.4. The number of carbonyl (C=O) groups is 2. The summed E-state index contributed by atoms with van der Waals surface area (Å²) in [6, 6.07) is 6.64. The minimum absolute atomic E-state index is 0.0682. The summed E-state index contributed by atoms with van der Waals surface area (Å²) in [5, 5.41) is 18.1. The molecule has 0 unspecified atom stereocenters. The topological polar surface area (TPSA) is 74.6 Å². The second kappa shape index (κ2) is 5.10. The van der Waals surface area contributed by atoms with E-state index in [4.69, 9.17) is 5.11 Å². The van der Waals surface area contributed by atoms with Gasteiger partial charge in [-0.15, -0.1) is 0 Å². The quantitative estimate of drug-likeness (QED) is 0.762. The summed E-state index contributed by atoms with van der Waals surface area (Å²) in [4.78, 5) is 22.1. The average molecular weight is 236 g/mol. The highest BCUT2D eigenvalue weighted by molar-refractivity contribution is 6.01. The van der Waals surface area contributed by atoms with Gasteiger partial charge in [-0.05, 0) is 25.8 Å². The molecule has 0 atom stereocenters. The number of Topliss-reactive ketones (excluding diaryl/α,β-unsaturated/α-hetero) is 1. The third-order valence-corrected chi connectivity index (χ3v) is 2.40. The lowest BCUT2D eigenvalue weighted by atomic mass is 9.95. The number of aryl methyl sites for hydroxylation is 1. The second-order valence-electron chi connectivity index (χ2n) is 4.48. The highest BCUT2D eigenvalue weighted by Crippen LogP contribution is 2.14. The van der Waals surface area contributed by atoms with E-state index in [0.717, 1.165) is 5.56 Å². The van der Waals surface area contributed by atoms with Crippen LogP contribution in [-0.2, 0) is 11.2 Å². The van der Waals surface area contributed by atoms with Crippen LogP contribution in [0.4, 0.5) is 0 Å². The molecule has 17 heavy (non-hydrogen) atoms. The fourth-order valence-corrected chi connectivity index (χ4v) is 1.43. The van der Waals surface area contributed by atoms with Gasteiger partial charge in [0.2, 0.25) is 0 Å². The van der Waals surface area contributed by atoms with E-state index in [1.54, 1.807) is 24.3 Å². The number of benzene rings is 1. The predicted octanol–water partition coefficient (Wildman–Crippen LogP) is 1.66. The first-order valence-corrected chi connectivity index (χ1v) is 5.38. The molecule has 0 spiro atoms. The summed E-state index contributed by atoms with van der Waals surface area (Å²) in [6.07, 6.45) is 0.505. The van der Waals surface area contributed by atoms with Crippen molar-refractivity contribution in [2.24, 2.45) is 0 Å². The Hall–Kier alpha value is -1.68. The minimum atomic E-state index is -1.39. The first-order chi connectivity index (χ1) is 7.80.